The molecule has 0 spiro atoms. The van der Waals surface area contributed by atoms with Crippen LogP contribution in [-0.2, 0) is 13.1 Å². The Labute approximate surface area is 148 Å². The minimum atomic E-state index is -0.198. The van der Waals surface area contributed by atoms with Crippen molar-refractivity contribution < 1.29 is 9.21 Å². The van der Waals surface area contributed by atoms with E-state index in [4.69, 9.17) is 4.42 Å². The fourth-order valence-electron chi connectivity index (χ4n) is 2.73. The molecule has 1 amide bonds. The summed E-state index contributed by atoms with van der Waals surface area (Å²) in [7, 11) is 0. The average molecular weight is 391 g/mol. The van der Waals surface area contributed by atoms with Crippen molar-refractivity contribution in [2.45, 2.75) is 33.4 Å². The topological polar surface area (TPSA) is 65.0 Å². The Morgan fingerprint density at radius 1 is 1.46 bits per heavy atom. The second-order valence-corrected chi connectivity index (χ2v) is 6.36. The smallest absolute Gasteiger partial charge is 0.273 e. The van der Waals surface area contributed by atoms with Gasteiger partial charge < -0.3 is 14.3 Å². The van der Waals surface area contributed by atoms with Crippen molar-refractivity contribution in [1.82, 2.24) is 14.3 Å². The highest BCUT2D eigenvalue weighted by Crippen LogP contribution is 2.27. The van der Waals surface area contributed by atoms with Crippen LogP contribution in [0.5, 0.6) is 0 Å². The largest absolute Gasteiger partial charge is 0.448 e. The third-order valence-electron chi connectivity index (χ3n) is 3.68. The van der Waals surface area contributed by atoms with Gasteiger partial charge in [-0.25, -0.2) is 4.68 Å². The van der Waals surface area contributed by atoms with Crippen LogP contribution in [0.4, 0.5) is 5.82 Å². The molecule has 1 N–H and O–H groups in total. The molecule has 0 aliphatic rings. The van der Waals surface area contributed by atoms with E-state index < -0.39 is 0 Å². The molecule has 6 nitrogen and oxygen atoms in total. The Hall–Kier alpha value is -2.28. The zero-order valence-corrected chi connectivity index (χ0v) is 15.3. The van der Waals surface area contributed by atoms with E-state index in [2.05, 4.69) is 39.8 Å². The highest BCUT2D eigenvalue weighted by atomic mass is 79.9. The first kappa shape index (κ1) is 16.6. The van der Waals surface area contributed by atoms with E-state index in [1.807, 2.05) is 28.3 Å². The Bertz CT molecular complexity index is 903. The highest BCUT2D eigenvalue weighted by molar-refractivity contribution is 9.10. The number of carbonyl (C=O) groups is 1. The van der Waals surface area contributed by atoms with Crippen molar-refractivity contribution >= 4 is 38.8 Å². The summed E-state index contributed by atoms with van der Waals surface area (Å²) in [6.45, 7) is 9.03. The maximum absolute atomic E-state index is 12.8. The van der Waals surface area contributed by atoms with Gasteiger partial charge in [-0.1, -0.05) is 13.0 Å². The van der Waals surface area contributed by atoms with E-state index >= 15 is 0 Å². The fraction of sp³-hybridized carbons (Fsp3) is 0.294. The maximum atomic E-state index is 12.8. The predicted molar refractivity (Wildman–Crippen MR) is 97.3 cm³/mol. The molecule has 0 saturated carbocycles. The van der Waals surface area contributed by atoms with Crippen molar-refractivity contribution in [3.63, 3.8) is 0 Å². The van der Waals surface area contributed by atoms with E-state index in [1.165, 1.54) is 0 Å². The molecule has 0 aliphatic heterocycles. The van der Waals surface area contributed by atoms with Crippen LogP contribution in [0.25, 0.3) is 11.1 Å². The number of fused-ring (bicyclic) bond motifs is 1. The maximum Gasteiger partial charge on any atom is 0.273 e. The van der Waals surface area contributed by atoms with Gasteiger partial charge in [0.1, 0.15) is 11.5 Å². The van der Waals surface area contributed by atoms with Gasteiger partial charge in [0.25, 0.3) is 5.91 Å². The molecule has 3 heterocycles. The van der Waals surface area contributed by atoms with Crippen LogP contribution >= 0.6 is 15.9 Å². The van der Waals surface area contributed by atoms with E-state index in [9.17, 15) is 4.79 Å². The molecule has 0 saturated heterocycles. The summed E-state index contributed by atoms with van der Waals surface area (Å²) in [6, 6.07) is 5.46. The van der Waals surface area contributed by atoms with Gasteiger partial charge in [-0.2, -0.15) is 5.10 Å². The third kappa shape index (κ3) is 3.03. The summed E-state index contributed by atoms with van der Waals surface area (Å²) in [5.41, 5.74) is 2.91. The van der Waals surface area contributed by atoms with Crippen molar-refractivity contribution in [3.8, 4) is 0 Å². The molecule has 0 bridgehead atoms. The number of allylic oxidation sites excluding steroid dienone is 1. The number of rotatable bonds is 6. The normalized spacial score (nSPS) is 11.1. The molecule has 0 aromatic carbocycles. The van der Waals surface area contributed by atoms with Crippen molar-refractivity contribution in [2.24, 2.45) is 0 Å². The first-order chi connectivity index (χ1) is 11.5. The summed E-state index contributed by atoms with van der Waals surface area (Å²) >= 11 is 3.32. The standard InChI is InChI=1S/C17H19BrN4O2/c1-4-6-21-12-10-15(18)24-14(12)9-13(21)17(23)19-16-8-11(3)20-22(16)7-5-2/h4,8-10H,1,5-7H2,2-3H3,(H,19,23). The van der Waals surface area contributed by atoms with Crippen molar-refractivity contribution in [1.29, 1.82) is 0 Å². The van der Waals surface area contributed by atoms with Crippen LogP contribution in [0.15, 0.2) is 39.9 Å². The Balaban J connectivity index is 1.95. The average Bonchev–Trinajstić information content (AvgIpc) is 3.14. The second kappa shape index (κ2) is 6.68. The van der Waals surface area contributed by atoms with E-state index in [0.29, 0.717) is 28.3 Å². The van der Waals surface area contributed by atoms with E-state index in [-0.39, 0.29) is 5.91 Å². The summed E-state index contributed by atoms with van der Waals surface area (Å²) < 4.78 is 9.89. The minimum absolute atomic E-state index is 0.198. The summed E-state index contributed by atoms with van der Waals surface area (Å²) in [5, 5.41) is 7.35. The number of halogens is 1. The van der Waals surface area contributed by atoms with Crippen molar-refractivity contribution in [2.75, 3.05) is 5.32 Å². The Morgan fingerprint density at radius 3 is 2.96 bits per heavy atom. The molecule has 3 aromatic heterocycles. The molecule has 0 radical (unpaired) electrons. The molecule has 24 heavy (non-hydrogen) atoms. The third-order valence-corrected chi connectivity index (χ3v) is 4.07. The van der Waals surface area contributed by atoms with Gasteiger partial charge >= 0.3 is 0 Å². The summed E-state index contributed by atoms with van der Waals surface area (Å²) in [6.07, 6.45) is 2.69. The Morgan fingerprint density at radius 2 is 2.25 bits per heavy atom. The second-order valence-electron chi connectivity index (χ2n) is 5.58. The lowest BCUT2D eigenvalue weighted by molar-refractivity contribution is 0.101. The minimum Gasteiger partial charge on any atom is -0.448 e. The van der Waals surface area contributed by atoms with Gasteiger partial charge in [0.05, 0.1) is 11.2 Å². The lowest BCUT2D eigenvalue weighted by Gasteiger charge is -2.10. The van der Waals surface area contributed by atoms with Gasteiger partial charge in [-0.3, -0.25) is 4.79 Å². The van der Waals surface area contributed by atoms with Crippen LogP contribution in [0, 0.1) is 6.92 Å². The summed E-state index contributed by atoms with van der Waals surface area (Å²) in [4.78, 5) is 12.8. The Kier molecular flexibility index (Phi) is 4.62. The number of nitrogens with zero attached hydrogens (tertiary/aromatic N) is 3. The van der Waals surface area contributed by atoms with Crippen LogP contribution in [0.1, 0.15) is 29.5 Å². The van der Waals surface area contributed by atoms with Crippen molar-refractivity contribution in [3.05, 3.63) is 46.9 Å². The van der Waals surface area contributed by atoms with Gasteiger partial charge in [0, 0.05) is 31.3 Å². The molecule has 0 fully saturated rings. The lowest BCUT2D eigenvalue weighted by Crippen LogP contribution is -2.19. The van der Waals surface area contributed by atoms with Crippen LogP contribution in [0.2, 0.25) is 0 Å². The van der Waals surface area contributed by atoms with Gasteiger partial charge in [0.15, 0.2) is 10.3 Å². The van der Waals surface area contributed by atoms with Crippen LogP contribution in [0.3, 0.4) is 0 Å². The SMILES string of the molecule is C=CCn1c(C(=O)Nc2cc(C)nn2CCC)cc2oc(Br)cc21. The molecular formula is C17H19BrN4O2. The van der Waals surface area contributed by atoms with E-state index in [1.54, 1.807) is 12.1 Å². The molecule has 7 heteroatoms. The molecule has 3 rings (SSSR count). The molecule has 126 valence electrons. The number of nitrogens with one attached hydrogen (secondary N) is 1. The molecule has 0 unspecified atom stereocenters. The molecule has 0 atom stereocenters. The van der Waals surface area contributed by atoms with Crippen LogP contribution < -0.4 is 5.32 Å². The fourth-order valence-corrected chi connectivity index (χ4v) is 3.13. The zero-order chi connectivity index (χ0) is 17.3. The van der Waals surface area contributed by atoms with Gasteiger partial charge in [0.2, 0.25) is 0 Å². The number of anilines is 1. The first-order valence-corrected chi connectivity index (χ1v) is 8.58. The molecule has 3 aromatic rings. The van der Waals surface area contributed by atoms with E-state index in [0.717, 1.165) is 24.2 Å². The number of hydrogen-bond donors (Lipinski definition) is 1. The number of hydrogen-bond acceptors (Lipinski definition) is 3. The van der Waals surface area contributed by atoms with Gasteiger partial charge in [-0.15, -0.1) is 6.58 Å². The zero-order valence-electron chi connectivity index (χ0n) is 13.7. The number of carbonyl (C=O) groups excluding carboxylic acids is 1. The first-order valence-electron chi connectivity index (χ1n) is 7.78. The lowest BCUT2D eigenvalue weighted by atomic mass is 10.3. The molecule has 0 aliphatic carbocycles. The molecular weight excluding hydrogens is 372 g/mol. The van der Waals surface area contributed by atoms with Gasteiger partial charge in [-0.05, 0) is 29.3 Å². The quantitative estimate of drug-likeness (QED) is 0.636. The number of aromatic nitrogens is 3. The highest BCUT2D eigenvalue weighted by Gasteiger charge is 2.19. The summed E-state index contributed by atoms with van der Waals surface area (Å²) in [5.74, 6) is 0.500. The monoisotopic (exact) mass is 390 g/mol. The number of amides is 1. The predicted octanol–water partition coefficient (Wildman–Crippen LogP) is 4.35. The number of aryl methyl sites for hydroxylation is 2. The van der Waals surface area contributed by atoms with Crippen LogP contribution in [-0.4, -0.2) is 20.3 Å². The number of furan rings is 1.